The highest BCUT2D eigenvalue weighted by Crippen LogP contribution is 2.30. The molecule has 1 aromatic rings. The molecule has 0 heterocycles. The predicted molar refractivity (Wildman–Crippen MR) is 62.4 cm³/mol. The Bertz CT molecular complexity index is 309. The molecular formula is C12H15BrO. The number of aryl methyl sites for hydroxylation is 1. The second-order valence-corrected chi connectivity index (χ2v) is 4.43. The lowest BCUT2D eigenvalue weighted by molar-refractivity contribution is 0.316. The standard InChI is InChI=1S/C12H15BrO/c13-8-3-9-14-12-7-2-5-10-4-1-6-11(10)12/h2,5,7H,1,3-4,6,8-9H2. The van der Waals surface area contributed by atoms with E-state index >= 15 is 0 Å². The zero-order chi connectivity index (χ0) is 9.80. The summed E-state index contributed by atoms with van der Waals surface area (Å²) in [6, 6.07) is 6.42. The average molecular weight is 255 g/mol. The molecule has 0 N–H and O–H groups in total. The Morgan fingerprint density at radius 1 is 1.29 bits per heavy atom. The van der Waals surface area contributed by atoms with Crippen molar-refractivity contribution in [3.63, 3.8) is 0 Å². The fourth-order valence-electron chi connectivity index (χ4n) is 1.96. The van der Waals surface area contributed by atoms with Crippen LogP contribution in [-0.2, 0) is 12.8 Å². The number of benzene rings is 1. The van der Waals surface area contributed by atoms with E-state index in [0.29, 0.717) is 0 Å². The number of hydrogen-bond donors (Lipinski definition) is 0. The molecule has 2 heteroatoms. The Hall–Kier alpha value is -0.500. The lowest BCUT2D eigenvalue weighted by Crippen LogP contribution is -2.00. The first kappa shape index (κ1) is 10.0. The number of hydrogen-bond acceptors (Lipinski definition) is 1. The number of alkyl halides is 1. The number of rotatable bonds is 4. The Kier molecular flexibility index (Phi) is 3.46. The van der Waals surface area contributed by atoms with Gasteiger partial charge in [-0.15, -0.1) is 0 Å². The maximum atomic E-state index is 5.76. The van der Waals surface area contributed by atoms with E-state index in [0.717, 1.165) is 24.1 Å². The third-order valence-electron chi connectivity index (χ3n) is 2.64. The van der Waals surface area contributed by atoms with Crippen molar-refractivity contribution in [2.24, 2.45) is 0 Å². The molecule has 0 unspecified atom stereocenters. The smallest absolute Gasteiger partial charge is 0.122 e. The second kappa shape index (κ2) is 4.83. The highest BCUT2D eigenvalue weighted by Gasteiger charge is 2.14. The van der Waals surface area contributed by atoms with E-state index in [-0.39, 0.29) is 0 Å². The molecule has 14 heavy (non-hydrogen) atoms. The van der Waals surface area contributed by atoms with Crippen LogP contribution in [0.3, 0.4) is 0 Å². The third-order valence-corrected chi connectivity index (χ3v) is 3.20. The summed E-state index contributed by atoms with van der Waals surface area (Å²) >= 11 is 3.41. The Morgan fingerprint density at radius 3 is 3.07 bits per heavy atom. The summed E-state index contributed by atoms with van der Waals surface area (Å²) in [7, 11) is 0. The van der Waals surface area contributed by atoms with Crippen LogP contribution >= 0.6 is 15.9 Å². The van der Waals surface area contributed by atoms with Crippen LogP contribution in [0.1, 0.15) is 24.0 Å². The molecule has 1 aromatic carbocycles. The first-order valence-corrected chi connectivity index (χ1v) is 6.33. The SMILES string of the molecule is BrCCCOc1cccc2c1CCC2. The summed E-state index contributed by atoms with van der Waals surface area (Å²) in [5.74, 6) is 1.11. The zero-order valence-corrected chi connectivity index (χ0v) is 9.85. The van der Waals surface area contributed by atoms with Crippen LogP contribution in [0.5, 0.6) is 5.75 Å². The summed E-state index contributed by atoms with van der Waals surface area (Å²) in [6.07, 6.45) is 4.78. The van der Waals surface area contributed by atoms with Gasteiger partial charge in [-0.2, -0.15) is 0 Å². The molecule has 0 radical (unpaired) electrons. The molecule has 0 bridgehead atoms. The topological polar surface area (TPSA) is 9.23 Å². The average Bonchev–Trinajstić information content (AvgIpc) is 2.67. The van der Waals surface area contributed by atoms with Gasteiger partial charge in [0.2, 0.25) is 0 Å². The van der Waals surface area contributed by atoms with E-state index in [1.165, 1.54) is 30.4 Å². The maximum Gasteiger partial charge on any atom is 0.122 e. The molecule has 1 nitrogen and oxygen atoms in total. The van der Waals surface area contributed by atoms with Crippen molar-refractivity contribution in [2.45, 2.75) is 25.7 Å². The van der Waals surface area contributed by atoms with Crippen LogP contribution in [0.2, 0.25) is 0 Å². The van der Waals surface area contributed by atoms with E-state index in [9.17, 15) is 0 Å². The molecule has 1 aliphatic carbocycles. The molecule has 0 amide bonds. The van der Waals surface area contributed by atoms with Gasteiger partial charge in [0.15, 0.2) is 0 Å². The summed E-state index contributed by atoms with van der Waals surface area (Å²) in [4.78, 5) is 0. The van der Waals surface area contributed by atoms with Gasteiger partial charge in [-0.3, -0.25) is 0 Å². The zero-order valence-electron chi connectivity index (χ0n) is 8.26. The Labute approximate surface area is 93.6 Å². The fourth-order valence-corrected chi connectivity index (χ4v) is 2.19. The number of fused-ring (bicyclic) bond motifs is 1. The van der Waals surface area contributed by atoms with Gasteiger partial charge in [-0.25, -0.2) is 0 Å². The second-order valence-electron chi connectivity index (χ2n) is 3.64. The first-order chi connectivity index (χ1) is 6.92. The summed E-state index contributed by atoms with van der Waals surface area (Å²) in [6.45, 7) is 0.821. The van der Waals surface area contributed by atoms with Gasteiger partial charge < -0.3 is 4.74 Å². The van der Waals surface area contributed by atoms with E-state index in [1.54, 1.807) is 0 Å². The van der Waals surface area contributed by atoms with Crippen molar-refractivity contribution in [2.75, 3.05) is 11.9 Å². The minimum atomic E-state index is 0.821. The highest BCUT2D eigenvalue weighted by atomic mass is 79.9. The normalized spacial score (nSPS) is 14.1. The molecule has 0 fully saturated rings. The molecule has 0 spiro atoms. The van der Waals surface area contributed by atoms with Crippen molar-refractivity contribution in [3.8, 4) is 5.75 Å². The van der Waals surface area contributed by atoms with Gasteiger partial charge in [0.25, 0.3) is 0 Å². The summed E-state index contributed by atoms with van der Waals surface area (Å²) in [5, 5.41) is 1.02. The molecule has 0 aliphatic heterocycles. The van der Waals surface area contributed by atoms with Gasteiger partial charge >= 0.3 is 0 Å². The van der Waals surface area contributed by atoms with Crippen molar-refractivity contribution in [3.05, 3.63) is 29.3 Å². The van der Waals surface area contributed by atoms with Crippen LogP contribution in [0.15, 0.2) is 18.2 Å². The quantitative estimate of drug-likeness (QED) is 0.592. The van der Waals surface area contributed by atoms with Crippen molar-refractivity contribution >= 4 is 15.9 Å². The third kappa shape index (κ3) is 2.11. The Morgan fingerprint density at radius 2 is 2.21 bits per heavy atom. The fraction of sp³-hybridized carbons (Fsp3) is 0.500. The molecule has 0 atom stereocenters. The van der Waals surface area contributed by atoms with E-state index in [2.05, 4.69) is 34.1 Å². The maximum absolute atomic E-state index is 5.76. The van der Waals surface area contributed by atoms with Crippen LogP contribution in [0, 0.1) is 0 Å². The molecule has 76 valence electrons. The van der Waals surface area contributed by atoms with Crippen molar-refractivity contribution in [1.82, 2.24) is 0 Å². The Balaban J connectivity index is 2.06. The lowest BCUT2D eigenvalue weighted by Gasteiger charge is -2.09. The summed E-state index contributed by atoms with van der Waals surface area (Å²) < 4.78 is 5.76. The van der Waals surface area contributed by atoms with E-state index < -0.39 is 0 Å². The highest BCUT2D eigenvalue weighted by molar-refractivity contribution is 9.09. The van der Waals surface area contributed by atoms with Crippen molar-refractivity contribution < 1.29 is 4.74 Å². The molecule has 2 rings (SSSR count). The van der Waals surface area contributed by atoms with Crippen LogP contribution in [0.25, 0.3) is 0 Å². The van der Waals surface area contributed by atoms with Crippen LogP contribution in [0.4, 0.5) is 0 Å². The summed E-state index contributed by atoms with van der Waals surface area (Å²) in [5.41, 5.74) is 2.93. The molecule has 0 aromatic heterocycles. The molecule has 0 saturated heterocycles. The van der Waals surface area contributed by atoms with Gasteiger partial charge in [-0.1, -0.05) is 28.1 Å². The minimum absolute atomic E-state index is 0.821. The number of halogens is 1. The minimum Gasteiger partial charge on any atom is -0.493 e. The van der Waals surface area contributed by atoms with E-state index in [4.69, 9.17) is 4.74 Å². The monoisotopic (exact) mass is 254 g/mol. The lowest BCUT2D eigenvalue weighted by atomic mass is 10.1. The first-order valence-electron chi connectivity index (χ1n) is 5.21. The largest absolute Gasteiger partial charge is 0.493 e. The van der Waals surface area contributed by atoms with Gasteiger partial charge in [-0.05, 0) is 42.9 Å². The number of ether oxygens (including phenoxy) is 1. The molecular weight excluding hydrogens is 240 g/mol. The van der Waals surface area contributed by atoms with Crippen LogP contribution < -0.4 is 4.74 Å². The van der Waals surface area contributed by atoms with Gasteiger partial charge in [0.05, 0.1) is 6.61 Å². The van der Waals surface area contributed by atoms with Gasteiger partial charge in [0.1, 0.15) is 5.75 Å². The van der Waals surface area contributed by atoms with Gasteiger partial charge in [0, 0.05) is 5.33 Å². The van der Waals surface area contributed by atoms with Crippen molar-refractivity contribution in [1.29, 1.82) is 0 Å². The molecule has 1 aliphatic rings. The predicted octanol–water partition coefficient (Wildman–Crippen LogP) is 3.34. The van der Waals surface area contributed by atoms with E-state index in [1.807, 2.05) is 0 Å². The van der Waals surface area contributed by atoms with Crippen LogP contribution in [-0.4, -0.2) is 11.9 Å². The molecule has 0 saturated carbocycles.